The van der Waals surface area contributed by atoms with Crippen LogP contribution in [0.25, 0.3) is 0 Å². The molecular weight excluding hydrogens is 368 g/mol. The smallest absolute Gasteiger partial charge is 0.355 e. The molecule has 1 aromatic carbocycles. The normalized spacial score (nSPS) is 19.3. The number of benzene rings is 1. The molecule has 29 heavy (non-hydrogen) atoms. The van der Waals surface area contributed by atoms with E-state index in [9.17, 15) is 9.59 Å². The third kappa shape index (κ3) is 4.37. The molecule has 1 aliphatic rings. The fraction of sp³-hybridized carbons (Fsp3) is 0.478. The number of hydrogen-bond donors (Lipinski definition) is 0. The molecule has 3 rings (SSSR count). The Morgan fingerprint density at radius 1 is 1.10 bits per heavy atom. The maximum Gasteiger partial charge on any atom is 0.355 e. The Morgan fingerprint density at radius 2 is 1.72 bits per heavy atom. The minimum atomic E-state index is -0.396. The van der Waals surface area contributed by atoms with Crippen LogP contribution in [-0.4, -0.2) is 53.2 Å². The van der Waals surface area contributed by atoms with Crippen molar-refractivity contribution in [2.45, 2.75) is 53.4 Å². The van der Waals surface area contributed by atoms with Gasteiger partial charge in [-0.2, -0.15) is 0 Å². The molecule has 1 saturated heterocycles. The Hall–Kier alpha value is -2.60. The molecular formula is C23H30N2O4. The summed E-state index contributed by atoms with van der Waals surface area (Å²) >= 11 is 0. The molecule has 2 heterocycles. The largest absolute Gasteiger partial charge is 0.461 e. The van der Waals surface area contributed by atoms with Crippen LogP contribution in [0.1, 0.15) is 58.4 Å². The number of carbonyl (C=O) groups excluding carboxylic acids is 2. The van der Waals surface area contributed by atoms with Gasteiger partial charge < -0.3 is 18.9 Å². The lowest BCUT2D eigenvalue weighted by Gasteiger charge is -2.35. The lowest BCUT2D eigenvalue weighted by molar-refractivity contribution is -0.0586. The number of hydrogen-bond acceptors (Lipinski definition) is 4. The number of carbonyl (C=O) groups is 2. The van der Waals surface area contributed by atoms with E-state index in [0.717, 1.165) is 11.3 Å². The molecule has 0 spiro atoms. The van der Waals surface area contributed by atoms with Gasteiger partial charge in [0, 0.05) is 25.3 Å². The number of aromatic nitrogens is 1. The van der Waals surface area contributed by atoms with Crippen molar-refractivity contribution in [3.63, 3.8) is 0 Å². The molecule has 0 saturated carbocycles. The Kier molecular flexibility index (Phi) is 6.42. The lowest BCUT2D eigenvalue weighted by Crippen LogP contribution is -2.48. The SMILES string of the molecule is CCOC(=O)c1c(C)c(C(=O)N2CC(C)OC(C)C2)c(C)n1Cc1ccccc1. The van der Waals surface area contributed by atoms with Crippen molar-refractivity contribution in [2.75, 3.05) is 19.7 Å². The van der Waals surface area contributed by atoms with Gasteiger partial charge in [-0.05, 0) is 45.7 Å². The molecule has 1 amide bonds. The number of amides is 1. The van der Waals surface area contributed by atoms with E-state index >= 15 is 0 Å². The summed E-state index contributed by atoms with van der Waals surface area (Å²) in [6.45, 7) is 11.3. The minimum absolute atomic E-state index is 0.0146. The highest BCUT2D eigenvalue weighted by molar-refractivity contribution is 6.01. The Labute approximate surface area is 172 Å². The summed E-state index contributed by atoms with van der Waals surface area (Å²) in [7, 11) is 0. The summed E-state index contributed by atoms with van der Waals surface area (Å²) < 4.78 is 13.0. The predicted octanol–water partition coefficient (Wildman–Crippen LogP) is 3.58. The molecule has 0 bridgehead atoms. The highest BCUT2D eigenvalue weighted by atomic mass is 16.5. The molecule has 0 aliphatic carbocycles. The highest BCUT2D eigenvalue weighted by Gasteiger charge is 2.32. The summed E-state index contributed by atoms with van der Waals surface area (Å²) in [4.78, 5) is 28.0. The summed E-state index contributed by atoms with van der Waals surface area (Å²) in [5, 5.41) is 0. The Morgan fingerprint density at radius 3 is 2.31 bits per heavy atom. The molecule has 6 heteroatoms. The number of ether oxygens (including phenoxy) is 2. The Bertz CT molecular complexity index is 878. The average Bonchev–Trinajstić information content (AvgIpc) is 2.91. The third-order valence-corrected chi connectivity index (χ3v) is 5.34. The van der Waals surface area contributed by atoms with Crippen LogP contribution < -0.4 is 0 Å². The molecule has 2 unspecified atom stereocenters. The van der Waals surface area contributed by atoms with Crippen molar-refractivity contribution in [1.29, 1.82) is 0 Å². The molecule has 0 N–H and O–H groups in total. The number of morpholine rings is 1. The summed E-state index contributed by atoms with van der Waals surface area (Å²) in [6.07, 6.45) is -0.0292. The molecule has 1 fully saturated rings. The monoisotopic (exact) mass is 398 g/mol. The minimum Gasteiger partial charge on any atom is -0.461 e. The second kappa shape index (κ2) is 8.82. The van der Waals surface area contributed by atoms with Gasteiger partial charge in [-0.1, -0.05) is 30.3 Å². The molecule has 1 aromatic heterocycles. The summed E-state index contributed by atoms with van der Waals surface area (Å²) in [5.41, 5.74) is 3.56. The second-order valence-corrected chi connectivity index (χ2v) is 7.69. The molecule has 2 atom stereocenters. The fourth-order valence-electron chi connectivity index (χ4n) is 4.14. The van der Waals surface area contributed by atoms with Crippen molar-refractivity contribution in [1.82, 2.24) is 9.47 Å². The first kappa shape index (κ1) is 21.1. The lowest BCUT2D eigenvalue weighted by atomic mass is 10.1. The third-order valence-electron chi connectivity index (χ3n) is 5.34. The van der Waals surface area contributed by atoms with E-state index in [4.69, 9.17) is 9.47 Å². The van der Waals surface area contributed by atoms with Gasteiger partial charge in [0.05, 0.1) is 24.4 Å². The van der Waals surface area contributed by atoms with Crippen molar-refractivity contribution in [3.8, 4) is 0 Å². The maximum atomic E-state index is 13.4. The van der Waals surface area contributed by atoms with Crippen LogP contribution in [0, 0.1) is 13.8 Å². The van der Waals surface area contributed by atoms with Crippen LogP contribution >= 0.6 is 0 Å². The van der Waals surface area contributed by atoms with E-state index in [-0.39, 0.29) is 24.7 Å². The molecule has 0 radical (unpaired) electrons. The predicted molar refractivity (Wildman–Crippen MR) is 111 cm³/mol. The molecule has 2 aromatic rings. The summed E-state index contributed by atoms with van der Waals surface area (Å²) in [5.74, 6) is -0.453. The van der Waals surface area contributed by atoms with Crippen LogP contribution in [0.2, 0.25) is 0 Å². The highest BCUT2D eigenvalue weighted by Crippen LogP contribution is 2.27. The van der Waals surface area contributed by atoms with Crippen molar-refractivity contribution >= 4 is 11.9 Å². The summed E-state index contributed by atoms with van der Waals surface area (Å²) in [6, 6.07) is 9.91. The van der Waals surface area contributed by atoms with Gasteiger partial charge in [0.2, 0.25) is 0 Å². The number of esters is 1. The molecule has 1 aliphatic heterocycles. The van der Waals surface area contributed by atoms with Gasteiger partial charge in [0.15, 0.2) is 0 Å². The Balaban J connectivity index is 2.04. The van der Waals surface area contributed by atoms with Gasteiger partial charge in [-0.15, -0.1) is 0 Å². The van der Waals surface area contributed by atoms with Crippen LogP contribution in [0.4, 0.5) is 0 Å². The fourth-order valence-corrected chi connectivity index (χ4v) is 4.14. The van der Waals surface area contributed by atoms with E-state index in [2.05, 4.69) is 0 Å². The van der Waals surface area contributed by atoms with Crippen LogP contribution in [0.5, 0.6) is 0 Å². The zero-order valence-electron chi connectivity index (χ0n) is 17.9. The van der Waals surface area contributed by atoms with Crippen LogP contribution in [0.15, 0.2) is 30.3 Å². The molecule has 6 nitrogen and oxygen atoms in total. The van der Waals surface area contributed by atoms with Gasteiger partial charge in [-0.25, -0.2) is 4.79 Å². The van der Waals surface area contributed by atoms with E-state index < -0.39 is 5.97 Å². The first-order valence-electron chi connectivity index (χ1n) is 10.2. The van der Waals surface area contributed by atoms with Crippen LogP contribution in [0.3, 0.4) is 0 Å². The molecule has 156 valence electrons. The number of rotatable bonds is 5. The van der Waals surface area contributed by atoms with Crippen LogP contribution in [-0.2, 0) is 16.0 Å². The van der Waals surface area contributed by atoms with Crippen molar-refractivity contribution in [3.05, 3.63) is 58.4 Å². The first-order valence-corrected chi connectivity index (χ1v) is 10.2. The van der Waals surface area contributed by atoms with Crippen molar-refractivity contribution in [2.24, 2.45) is 0 Å². The first-order chi connectivity index (χ1) is 13.8. The quantitative estimate of drug-likeness (QED) is 0.723. The van der Waals surface area contributed by atoms with E-state index in [1.165, 1.54) is 0 Å². The standard InChI is InChI=1S/C23H30N2O4/c1-6-28-23(27)21-17(4)20(22(26)24-12-15(2)29-16(3)13-24)18(5)25(21)14-19-10-8-7-9-11-19/h7-11,15-16H,6,12-14H2,1-5H3. The van der Waals surface area contributed by atoms with Gasteiger partial charge >= 0.3 is 5.97 Å². The second-order valence-electron chi connectivity index (χ2n) is 7.69. The van der Waals surface area contributed by atoms with E-state index in [1.54, 1.807) is 6.92 Å². The maximum absolute atomic E-state index is 13.4. The topological polar surface area (TPSA) is 60.8 Å². The van der Waals surface area contributed by atoms with Gasteiger partial charge in [0.1, 0.15) is 5.69 Å². The zero-order valence-corrected chi connectivity index (χ0v) is 17.9. The zero-order chi connectivity index (χ0) is 21.1. The number of nitrogens with zero attached hydrogens (tertiary/aromatic N) is 2. The van der Waals surface area contributed by atoms with E-state index in [0.29, 0.717) is 36.5 Å². The van der Waals surface area contributed by atoms with Crippen molar-refractivity contribution < 1.29 is 19.1 Å². The van der Waals surface area contributed by atoms with E-state index in [1.807, 2.05) is 67.5 Å². The van der Waals surface area contributed by atoms with Gasteiger partial charge in [-0.3, -0.25) is 4.79 Å². The average molecular weight is 399 g/mol. The van der Waals surface area contributed by atoms with Gasteiger partial charge in [0.25, 0.3) is 5.91 Å².